The van der Waals surface area contributed by atoms with Gasteiger partial charge in [-0.3, -0.25) is 0 Å². The first kappa shape index (κ1) is 11.9. The molecule has 0 saturated heterocycles. The van der Waals surface area contributed by atoms with Gasteiger partial charge in [0, 0.05) is 12.6 Å². The lowest BCUT2D eigenvalue weighted by Gasteiger charge is -2.13. The van der Waals surface area contributed by atoms with Crippen LogP contribution in [0.2, 0.25) is 0 Å². The topological polar surface area (TPSA) is 55.5 Å². The standard InChI is InChI=1S/C11H16FNO2/c1-8-6-9(12)2-3-11(8)15-7-10(13)4-5-14/h2-3,6,10,14H,4-5,7,13H2,1H3. The van der Waals surface area contributed by atoms with Gasteiger partial charge in [-0.2, -0.15) is 0 Å². The van der Waals surface area contributed by atoms with E-state index in [1.807, 2.05) is 0 Å². The van der Waals surface area contributed by atoms with Crippen molar-refractivity contribution in [2.24, 2.45) is 5.73 Å². The number of ether oxygens (including phenoxy) is 1. The second-order valence-electron chi connectivity index (χ2n) is 3.49. The summed E-state index contributed by atoms with van der Waals surface area (Å²) < 4.78 is 18.2. The third-order valence-corrected chi connectivity index (χ3v) is 2.09. The van der Waals surface area contributed by atoms with Crippen molar-refractivity contribution < 1.29 is 14.2 Å². The Hall–Kier alpha value is -1.13. The molecule has 0 bridgehead atoms. The highest BCUT2D eigenvalue weighted by atomic mass is 19.1. The molecule has 0 aliphatic carbocycles. The van der Waals surface area contributed by atoms with E-state index in [0.29, 0.717) is 18.8 Å². The number of hydrogen-bond acceptors (Lipinski definition) is 3. The minimum atomic E-state index is -0.278. The molecule has 0 fully saturated rings. The fourth-order valence-electron chi connectivity index (χ4n) is 1.22. The Balaban J connectivity index is 2.50. The molecule has 0 aliphatic rings. The number of nitrogens with two attached hydrogens (primary N) is 1. The van der Waals surface area contributed by atoms with Crippen molar-refractivity contribution in [3.63, 3.8) is 0 Å². The number of rotatable bonds is 5. The molecule has 1 aromatic rings. The molecule has 0 saturated carbocycles. The summed E-state index contributed by atoms with van der Waals surface area (Å²) in [4.78, 5) is 0. The first-order valence-corrected chi connectivity index (χ1v) is 4.89. The Morgan fingerprint density at radius 3 is 2.87 bits per heavy atom. The normalized spacial score (nSPS) is 12.5. The summed E-state index contributed by atoms with van der Waals surface area (Å²) in [6.45, 7) is 2.15. The number of aliphatic hydroxyl groups excluding tert-OH is 1. The molecule has 84 valence electrons. The fraction of sp³-hybridized carbons (Fsp3) is 0.455. The molecule has 1 unspecified atom stereocenters. The Kier molecular flexibility index (Phi) is 4.52. The number of benzene rings is 1. The van der Waals surface area contributed by atoms with Gasteiger partial charge in [0.05, 0.1) is 0 Å². The maximum absolute atomic E-state index is 12.8. The van der Waals surface area contributed by atoms with Gasteiger partial charge in [0.15, 0.2) is 0 Å². The van der Waals surface area contributed by atoms with Gasteiger partial charge < -0.3 is 15.6 Å². The number of hydrogen-bond donors (Lipinski definition) is 2. The number of aliphatic hydroxyl groups is 1. The molecule has 0 amide bonds. The van der Waals surface area contributed by atoms with E-state index < -0.39 is 0 Å². The minimum Gasteiger partial charge on any atom is -0.492 e. The van der Waals surface area contributed by atoms with E-state index in [2.05, 4.69) is 0 Å². The van der Waals surface area contributed by atoms with Crippen molar-refractivity contribution in [2.75, 3.05) is 13.2 Å². The zero-order chi connectivity index (χ0) is 11.3. The van der Waals surface area contributed by atoms with Crippen LogP contribution in [0, 0.1) is 12.7 Å². The maximum atomic E-state index is 12.8. The predicted molar refractivity (Wildman–Crippen MR) is 56.3 cm³/mol. The molecule has 0 radical (unpaired) electrons. The van der Waals surface area contributed by atoms with Gasteiger partial charge in [-0.05, 0) is 37.1 Å². The van der Waals surface area contributed by atoms with E-state index in [4.69, 9.17) is 15.6 Å². The zero-order valence-electron chi connectivity index (χ0n) is 8.74. The maximum Gasteiger partial charge on any atom is 0.123 e. The molecule has 3 N–H and O–H groups in total. The molecule has 15 heavy (non-hydrogen) atoms. The summed E-state index contributed by atoms with van der Waals surface area (Å²) in [6, 6.07) is 4.14. The van der Waals surface area contributed by atoms with Crippen LogP contribution in [0.25, 0.3) is 0 Å². The highest BCUT2D eigenvalue weighted by molar-refractivity contribution is 5.32. The van der Waals surface area contributed by atoms with Crippen LogP contribution in [0.4, 0.5) is 4.39 Å². The lowest BCUT2D eigenvalue weighted by molar-refractivity contribution is 0.233. The fourth-order valence-corrected chi connectivity index (χ4v) is 1.22. The monoisotopic (exact) mass is 213 g/mol. The van der Waals surface area contributed by atoms with Crippen LogP contribution in [0.5, 0.6) is 5.75 Å². The third-order valence-electron chi connectivity index (χ3n) is 2.09. The zero-order valence-corrected chi connectivity index (χ0v) is 8.74. The van der Waals surface area contributed by atoms with Gasteiger partial charge in [-0.15, -0.1) is 0 Å². The summed E-state index contributed by atoms with van der Waals surface area (Å²) in [5.41, 5.74) is 6.39. The van der Waals surface area contributed by atoms with Crippen LogP contribution in [-0.2, 0) is 0 Å². The van der Waals surface area contributed by atoms with E-state index >= 15 is 0 Å². The van der Waals surface area contributed by atoms with Crippen molar-refractivity contribution >= 4 is 0 Å². The van der Waals surface area contributed by atoms with Crippen LogP contribution in [0.3, 0.4) is 0 Å². The van der Waals surface area contributed by atoms with Gasteiger partial charge in [-0.1, -0.05) is 0 Å². The van der Waals surface area contributed by atoms with Crippen LogP contribution >= 0.6 is 0 Å². The first-order chi connectivity index (χ1) is 7.13. The second-order valence-corrected chi connectivity index (χ2v) is 3.49. The first-order valence-electron chi connectivity index (χ1n) is 4.89. The Labute approximate surface area is 88.7 Å². The highest BCUT2D eigenvalue weighted by Gasteiger charge is 2.05. The summed E-state index contributed by atoms with van der Waals surface area (Å²) in [5.74, 6) is 0.351. The summed E-state index contributed by atoms with van der Waals surface area (Å²) in [5, 5.41) is 8.64. The van der Waals surface area contributed by atoms with Gasteiger partial charge in [0.1, 0.15) is 18.2 Å². The van der Waals surface area contributed by atoms with Gasteiger partial charge in [0.25, 0.3) is 0 Å². The molecule has 0 aliphatic heterocycles. The van der Waals surface area contributed by atoms with Crippen LogP contribution in [0.15, 0.2) is 18.2 Å². The molecule has 0 heterocycles. The van der Waals surface area contributed by atoms with E-state index in [-0.39, 0.29) is 18.5 Å². The third kappa shape index (κ3) is 3.85. The second kappa shape index (κ2) is 5.68. The molecule has 1 atom stereocenters. The van der Waals surface area contributed by atoms with Gasteiger partial charge in [0.2, 0.25) is 0 Å². The molecule has 4 heteroatoms. The predicted octanol–water partition coefficient (Wildman–Crippen LogP) is 1.22. The van der Waals surface area contributed by atoms with Gasteiger partial charge in [-0.25, -0.2) is 4.39 Å². The Morgan fingerprint density at radius 2 is 2.27 bits per heavy atom. The van der Waals surface area contributed by atoms with Crippen LogP contribution in [-0.4, -0.2) is 24.4 Å². The van der Waals surface area contributed by atoms with E-state index in [0.717, 1.165) is 5.56 Å². The molecular weight excluding hydrogens is 197 g/mol. The van der Waals surface area contributed by atoms with Crippen molar-refractivity contribution in [3.05, 3.63) is 29.6 Å². The molecule has 3 nitrogen and oxygen atoms in total. The Morgan fingerprint density at radius 1 is 1.53 bits per heavy atom. The minimum absolute atomic E-state index is 0.0485. The quantitative estimate of drug-likeness (QED) is 0.773. The van der Waals surface area contributed by atoms with E-state index in [1.165, 1.54) is 12.1 Å². The molecular formula is C11H16FNO2. The van der Waals surface area contributed by atoms with Crippen LogP contribution in [0.1, 0.15) is 12.0 Å². The summed E-state index contributed by atoms with van der Waals surface area (Å²) in [7, 11) is 0. The number of halogens is 1. The van der Waals surface area contributed by atoms with E-state index in [1.54, 1.807) is 13.0 Å². The largest absolute Gasteiger partial charge is 0.492 e. The average molecular weight is 213 g/mol. The van der Waals surface area contributed by atoms with E-state index in [9.17, 15) is 4.39 Å². The lowest BCUT2D eigenvalue weighted by Crippen LogP contribution is -2.28. The van der Waals surface area contributed by atoms with Crippen molar-refractivity contribution in [3.8, 4) is 5.75 Å². The van der Waals surface area contributed by atoms with Crippen molar-refractivity contribution in [1.82, 2.24) is 0 Å². The van der Waals surface area contributed by atoms with Crippen molar-refractivity contribution in [1.29, 1.82) is 0 Å². The summed E-state index contributed by atoms with van der Waals surface area (Å²) in [6.07, 6.45) is 0.500. The number of aryl methyl sites for hydroxylation is 1. The smallest absolute Gasteiger partial charge is 0.123 e. The molecule has 0 spiro atoms. The SMILES string of the molecule is Cc1cc(F)ccc1OCC(N)CCO. The molecule has 0 aromatic heterocycles. The summed E-state index contributed by atoms with van der Waals surface area (Å²) >= 11 is 0. The molecule has 1 rings (SSSR count). The average Bonchev–Trinajstić information content (AvgIpc) is 2.17. The lowest BCUT2D eigenvalue weighted by atomic mass is 10.2. The highest BCUT2D eigenvalue weighted by Crippen LogP contribution is 2.18. The van der Waals surface area contributed by atoms with Crippen molar-refractivity contribution in [2.45, 2.75) is 19.4 Å². The van der Waals surface area contributed by atoms with Crippen LogP contribution < -0.4 is 10.5 Å². The Bertz CT molecular complexity index is 317. The van der Waals surface area contributed by atoms with Gasteiger partial charge >= 0.3 is 0 Å². The molecule has 1 aromatic carbocycles.